The number of aromatic nitrogens is 1. The maximum absolute atomic E-state index is 12.4. The van der Waals surface area contributed by atoms with Crippen LogP contribution in [0, 0.1) is 0 Å². The van der Waals surface area contributed by atoms with Gasteiger partial charge in [0.05, 0.1) is 12.6 Å². The third kappa shape index (κ3) is 2.25. The Kier molecular flexibility index (Phi) is 2.86. The molecule has 5 heteroatoms. The second-order valence-electron chi connectivity index (χ2n) is 5.27. The van der Waals surface area contributed by atoms with Crippen LogP contribution in [0.5, 0.6) is 0 Å². The van der Waals surface area contributed by atoms with Gasteiger partial charge in [-0.2, -0.15) is 0 Å². The number of rotatable bonds is 4. The predicted octanol–water partition coefficient (Wildman–Crippen LogP) is 2.00. The van der Waals surface area contributed by atoms with E-state index in [0.29, 0.717) is 6.61 Å². The Balaban J connectivity index is 1.66. The van der Waals surface area contributed by atoms with E-state index >= 15 is 0 Å². The highest BCUT2D eigenvalue weighted by atomic mass is 16.6. The number of benzene rings is 1. The zero-order chi connectivity index (χ0) is 14.2. The highest BCUT2D eigenvalue weighted by Gasteiger charge is 2.44. The number of fused-ring (bicyclic) bond motifs is 1. The van der Waals surface area contributed by atoms with E-state index in [2.05, 4.69) is 15.6 Å². The minimum atomic E-state index is -0.322. The summed E-state index contributed by atoms with van der Waals surface area (Å²) < 4.78 is 5.15. The van der Waals surface area contributed by atoms with Crippen LogP contribution >= 0.6 is 0 Å². The normalized spacial score (nSPS) is 25.8. The van der Waals surface area contributed by atoms with Crippen LogP contribution in [-0.4, -0.2) is 29.5 Å². The molecule has 2 aliphatic heterocycles. The number of pyridine rings is 1. The Hall–Kier alpha value is -2.40. The Bertz CT molecular complexity index is 670. The highest BCUT2D eigenvalue weighted by molar-refractivity contribution is 5.95. The quantitative estimate of drug-likeness (QED) is 0.839. The summed E-state index contributed by atoms with van der Waals surface area (Å²) in [6.45, 7) is 0.531. The lowest BCUT2D eigenvalue weighted by atomic mass is 9.99. The molecule has 3 atom stereocenters. The third-order valence-electron chi connectivity index (χ3n) is 3.87. The van der Waals surface area contributed by atoms with Gasteiger partial charge in [0.2, 0.25) is 0 Å². The van der Waals surface area contributed by atoms with Crippen molar-refractivity contribution >= 4 is 17.3 Å². The fraction of sp³-hybridized carbons (Fsp3) is 0.250. The first kappa shape index (κ1) is 12.3. The third-order valence-corrected chi connectivity index (χ3v) is 3.87. The molecule has 4 rings (SSSR count). The molecule has 0 bridgehead atoms. The number of ether oxygens (including phenoxy) is 1. The van der Waals surface area contributed by atoms with Crippen molar-refractivity contribution in [2.75, 3.05) is 17.2 Å². The van der Waals surface area contributed by atoms with Gasteiger partial charge in [-0.15, -0.1) is 0 Å². The number of hydrogen-bond donors (Lipinski definition) is 2. The topological polar surface area (TPSA) is 66.6 Å². The molecule has 2 aliphatic rings. The first-order valence-corrected chi connectivity index (χ1v) is 7.01. The lowest BCUT2D eigenvalue weighted by Gasteiger charge is -2.20. The molecule has 0 spiro atoms. The van der Waals surface area contributed by atoms with Gasteiger partial charge in [-0.3, -0.25) is 4.79 Å². The Morgan fingerprint density at radius 1 is 1.24 bits per heavy atom. The summed E-state index contributed by atoms with van der Waals surface area (Å²) in [6, 6.07) is 13.2. The number of para-hydroxylation sites is 1. The van der Waals surface area contributed by atoms with E-state index in [1.54, 1.807) is 6.20 Å². The molecule has 106 valence electrons. The zero-order valence-corrected chi connectivity index (χ0v) is 11.3. The number of epoxide rings is 1. The van der Waals surface area contributed by atoms with Crippen LogP contribution in [0.4, 0.5) is 11.5 Å². The van der Waals surface area contributed by atoms with E-state index in [4.69, 9.17) is 4.74 Å². The molecule has 2 aromatic rings. The molecule has 1 fully saturated rings. The van der Waals surface area contributed by atoms with E-state index in [-0.39, 0.29) is 24.0 Å². The average Bonchev–Trinajstić information content (AvgIpc) is 3.31. The van der Waals surface area contributed by atoms with E-state index in [0.717, 1.165) is 17.1 Å². The fourth-order valence-corrected chi connectivity index (χ4v) is 2.75. The molecular formula is C16H15N3O2. The summed E-state index contributed by atoms with van der Waals surface area (Å²) in [5, 5.41) is 6.67. The maximum Gasteiger partial charge on any atom is 0.188 e. The SMILES string of the molecule is O=C(C1CO1)C1Nc2ccccc2C1Nc1ccccn1. The largest absolute Gasteiger partial charge is 0.373 e. The van der Waals surface area contributed by atoms with Crippen LogP contribution in [-0.2, 0) is 9.53 Å². The van der Waals surface area contributed by atoms with Crippen LogP contribution < -0.4 is 10.6 Å². The van der Waals surface area contributed by atoms with Crippen molar-refractivity contribution in [1.82, 2.24) is 4.98 Å². The van der Waals surface area contributed by atoms with Crippen molar-refractivity contribution in [2.24, 2.45) is 0 Å². The van der Waals surface area contributed by atoms with Crippen molar-refractivity contribution in [3.05, 3.63) is 54.2 Å². The monoisotopic (exact) mass is 281 g/mol. The second-order valence-corrected chi connectivity index (χ2v) is 5.27. The molecule has 3 unspecified atom stereocenters. The zero-order valence-electron chi connectivity index (χ0n) is 11.3. The van der Waals surface area contributed by atoms with Crippen LogP contribution in [0.1, 0.15) is 11.6 Å². The molecule has 3 heterocycles. The number of Topliss-reactive ketones (excluding diaryl/α,β-unsaturated/α-hetero) is 1. The van der Waals surface area contributed by atoms with Crippen molar-refractivity contribution < 1.29 is 9.53 Å². The van der Waals surface area contributed by atoms with Crippen LogP contribution in [0.3, 0.4) is 0 Å². The van der Waals surface area contributed by atoms with E-state index in [9.17, 15) is 4.79 Å². The van der Waals surface area contributed by atoms with Gasteiger partial charge in [0.25, 0.3) is 0 Å². The molecule has 5 nitrogen and oxygen atoms in total. The summed E-state index contributed by atoms with van der Waals surface area (Å²) in [5.74, 6) is 0.857. The molecule has 0 aliphatic carbocycles. The molecule has 0 radical (unpaired) electrons. The van der Waals surface area contributed by atoms with E-state index in [1.807, 2.05) is 42.5 Å². The Morgan fingerprint density at radius 3 is 2.81 bits per heavy atom. The molecular weight excluding hydrogens is 266 g/mol. The molecule has 1 aromatic carbocycles. The van der Waals surface area contributed by atoms with E-state index < -0.39 is 0 Å². The van der Waals surface area contributed by atoms with Gasteiger partial charge in [0, 0.05) is 17.4 Å². The molecule has 1 aromatic heterocycles. The molecule has 1 saturated heterocycles. The second kappa shape index (κ2) is 4.86. The van der Waals surface area contributed by atoms with E-state index in [1.165, 1.54) is 0 Å². The minimum absolute atomic E-state index is 0.0969. The van der Waals surface area contributed by atoms with Crippen LogP contribution in [0.15, 0.2) is 48.7 Å². The summed E-state index contributed by atoms with van der Waals surface area (Å²) in [7, 11) is 0. The number of ketones is 1. The Labute approximate surface area is 122 Å². The summed E-state index contributed by atoms with van der Waals surface area (Å²) >= 11 is 0. The number of nitrogens with zero attached hydrogens (tertiary/aromatic N) is 1. The van der Waals surface area contributed by atoms with Gasteiger partial charge in [0.15, 0.2) is 5.78 Å². The Morgan fingerprint density at radius 2 is 2.05 bits per heavy atom. The highest BCUT2D eigenvalue weighted by Crippen LogP contribution is 2.37. The number of anilines is 2. The maximum atomic E-state index is 12.4. The van der Waals surface area contributed by atoms with Crippen LogP contribution in [0.25, 0.3) is 0 Å². The molecule has 21 heavy (non-hydrogen) atoms. The van der Waals surface area contributed by atoms with Gasteiger partial charge in [-0.25, -0.2) is 4.98 Å². The molecule has 2 N–H and O–H groups in total. The minimum Gasteiger partial charge on any atom is -0.373 e. The number of carbonyl (C=O) groups excluding carboxylic acids is 1. The van der Waals surface area contributed by atoms with Crippen molar-refractivity contribution in [2.45, 2.75) is 18.2 Å². The number of carbonyl (C=O) groups is 1. The lowest BCUT2D eigenvalue weighted by Crippen LogP contribution is -2.37. The summed E-state index contributed by atoms with van der Waals surface area (Å²) in [5.41, 5.74) is 2.08. The van der Waals surface area contributed by atoms with Gasteiger partial charge in [0.1, 0.15) is 18.0 Å². The fourth-order valence-electron chi connectivity index (χ4n) is 2.75. The van der Waals surface area contributed by atoms with Crippen molar-refractivity contribution in [1.29, 1.82) is 0 Å². The average molecular weight is 281 g/mol. The van der Waals surface area contributed by atoms with Crippen molar-refractivity contribution in [3.63, 3.8) is 0 Å². The first-order chi connectivity index (χ1) is 10.3. The number of hydrogen-bond acceptors (Lipinski definition) is 5. The van der Waals surface area contributed by atoms with Gasteiger partial charge in [-0.1, -0.05) is 24.3 Å². The van der Waals surface area contributed by atoms with Crippen LogP contribution in [0.2, 0.25) is 0 Å². The van der Waals surface area contributed by atoms with Gasteiger partial charge < -0.3 is 15.4 Å². The molecule has 0 saturated carbocycles. The number of nitrogens with one attached hydrogen (secondary N) is 2. The van der Waals surface area contributed by atoms with Gasteiger partial charge >= 0.3 is 0 Å². The predicted molar refractivity (Wildman–Crippen MR) is 79.2 cm³/mol. The smallest absolute Gasteiger partial charge is 0.188 e. The van der Waals surface area contributed by atoms with Crippen molar-refractivity contribution in [3.8, 4) is 0 Å². The standard InChI is InChI=1S/C16H15N3O2/c20-16(12-9-21-12)15-14(19-13-7-3-4-8-17-13)10-5-1-2-6-11(10)18-15/h1-8,12,14-15,18H,9H2,(H,17,19). The molecule has 0 amide bonds. The van der Waals surface area contributed by atoms with Gasteiger partial charge in [-0.05, 0) is 18.2 Å². The summed E-state index contributed by atoms with van der Waals surface area (Å²) in [6.07, 6.45) is 1.47. The summed E-state index contributed by atoms with van der Waals surface area (Å²) in [4.78, 5) is 16.7. The lowest BCUT2D eigenvalue weighted by molar-refractivity contribution is -0.121. The first-order valence-electron chi connectivity index (χ1n) is 7.01.